The van der Waals surface area contributed by atoms with E-state index >= 15 is 0 Å². The number of rotatable bonds is 36. The van der Waals surface area contributed by atoms with E-state index in [-0.39, 0.29) is 139 Å². The molecule has 0 aliphatic carbocycles. The van der Waals surface area contributed by atoms with Crippen LogP contribution >= 0.6 is 0 Å². The van der Waals surface area contributed by atoms with Gasteiger partial charge in [-0.1, -0.05) is 78.9 Å². The molecule has 24 heteroatoms. The Labute approximate surface area is 469 Å². The minimum atomic E-state index is -0.552. The van der Waals surface area contributed by atoms with Crippen LogP contribution in [0.3, 0.4) is 0 Å². The number of carbonyl (C=O) groups excluding carboxylic acids is 12. The van der Waals surface area contributed by atoms with Gasteiger partial charge in [0.15, 0.2) is 0 Å². The highest BCUT2D eigenvalue weighted by Gasteiger charge is 2.19. The van der Waals surface area contributed by atoms with Crippen molar-refractivity contribution < 1.29 is 76.5 Å². The zero-order chi connectivity index (χ0) is 62.2. The Morgan fingerprint density at radius 3 is 0.950 bits per heavy atom. The molecule has 0 rings (SSSR count). The first-order valence-corrected chi connectivity index (χ1v) is 24.3. The summed E-state index contributed by atoms with van der Waals surface area (Å²) in [4.78, 5) is 141. The van der Waals surface area contributed by atoms with E-state index in [9.17, 15) is 57.5 Å². The maximum atomic E-state index is 11.7. The van der Waals surface area contributed by atoms with E-state index in [0.717, 1.165) is 54.7 Å². The van der Waals surface area contributed by atoms with Gasteiger partial charge < -0.3 is 59.8 Å². The van der Waals surface area contributed by atoms with E-state index in [4.69, 9.17) is 18.9 Å². The Bertz CT molecular complexity index is 2230. The van der Waals surface area contributed by atoms with Crippen LogP contribution < -0.4 is 21.3 Å². The number of esters is 4. The fraction of sp³-hybridized carbons (Fsp3) is 0.357. The molecule has 2 atom stereocenters. The molecule has 0 bridgehead atoms. The van der Waals surface area contributed by atoms with E-state index in [2.05, 4.69) is 100 Å². The maximum absolute atomic E-state index is 11.7. The summed E-state index contributed by atoms with van der Waals surface area (Å²) >= 11 is 0. The standard InChI is InChI=1S/C15H22N2O4.2C14H20N2O4.C13H18N2O4/c1-6-13(18)16-8-9-17(14(19)7-2)10-12(5)21-15(20)11(3)4;1-5-12(17)15-7-8-16(13(18)6-2)9-10-20-14(19)11(3)4;1-5-12(17)15-8-9-16(13(18)6-2)10-11(4)20-14(19)7-3;1-4-11(16)14-7-8-15(12(17)5-2)9-10-19-13(18)6-3/h6-7,12H,1-3,8-10H2,4-5H3,(H,16,18);5-6H,1-3,7-10H2,4H3,(H,15,17);5-7,11H,1-3,8-10H2,4H3,(H,15,17);4-6H,1-3,7-10H2,(H,14,16). The molecule has 440 valence electrons. The fourth-order valence-electron chi connectivity index (χ4n) is 5.22. The van der Waals surface area contributed by atoms with Crippen molar-refractivity contribution in [1.29, 1.82) is 0 Å². The molecule has 24 nitrogen and oxygen atoms in total. The summed E-state index contributed by atoms with van der Waals surface area (Å²) in [7, 11) is 0. The minimum absolute atomic E-state index is 0.0554. The van der Waals surface area contributed by atoms with E-state index in [0.29, 0.717) is 11.1 Å². The second-order valence-corrected chi connectivity index (χ2v) is 15.8. The van der Waals surface area contributed by atoms with Gasteiger partial charge in [-0.05, 0) is 76.3 Å². The summed E-state index contributed by atoms with van der Waals surface area (Å²) in [6.45, 7) is 50.0. The topological polar surface area (TPSA) is 303 Å². The van der Waals surface area contributed by atoms with Crippen LogP contribution in [0.4, 0.5) is 0 Å². The number of hydrogen-bond acceptors (Lipinski definition) is 16. The lowest BCUT2D eigenvalue weighted by atomic mass is 10.3. The van der Waals surface area contributed by atoms with E-state index in [1.165, 1.54) is 25.7 Å². The van der Waals surface area contributed by atoms with Gasteiger partial charge in [0.25, 0.3) is 0 Å². The molecule has 80 heavy (non-hydrogen) atoms. The maximum Gasteiger partial charge on any atom is 0.333 e. The molecule has 0 aromatic carbocycles. The third-order valence-electron chi connectivity index (χ3n) is 9.22. The van der Waals surface area contributed by atoms with Crippen molar-refractivity contribution in [2.24, 2.45) is 0 Å². The number of ether oxygens (including phenoxy) is 4. The van der Waals surface area contributed by atoms with Gasteiger partial charge in [-0.25, -0.2) is 19.2 Å². The highest BCUT2D eigenvalue weighted by atomic mass is 16.6. The number of nitrogens with zero attached hydrogens (tertiary/aromatic N) is 4. The van der Waals surface area contributed by atoms with Crippen LogP contribution in [0.2, 0.25) is 0 Å². The lowest BCUT2D eigenvalue weighted by Gasteiger charge is -2.25. The van der Waals surface area contributed by atoms with Gasteiger partial charge in [0.05, 0.1) is 26.2 Å². The zero-order valence-corrected chi connectivity index (χ0v) is 46.6. The predicted octanol–water partition coefficient (Wildman–Crippen LogP) is 1.69. The van der Waals surface area contributed by atoms with E-state index in [1.54, 1.807) is 27.7 Å². The molecule has 0 saturated heterocycles. The van der Waals surface area contributed by atoms with Gasteiger partial charge in [-0.3, -0.25) is 38.4 Å². The van der Waals surface area contributed by atoms with Gasteiger partial charge in [-0.2, -0.15) is 0 Å². The monoisotopic (exact) mass is 1120 g/mol. The molecule has 0 saturated carbocycles. The number of nitrogens with one attached hydrogen (secondary N) is 4. The second kappa shape index (κ2) is 47.9. The van der Waals surface area contributed by atoms with Gasteiger partial charge in [0.1, 0.15) is 25.4 Å². The molecule has 4 N–H and O–H groups in total. The van der Waals surface area contributed by atoms with Crippen molar-refractivity contribution in [3.63, 3.8) is 0 Å². The summed E-state index contributed by atoms with van der Waals surface area (Å²) in [6.07, 6.45) is 10.4. The largest absolute Gasteiger partial charge is 0.461 e. The molecule has 8 amide bonds. The Kier molecular flexibility index (Phi) is 46.1. The van der Waals surface area contributed by atoms with Crippen molar-refractivity contribution in [3.8, 4) is 0 Å². The van der Waals surface area contributed by atoms with Crippen molar-refractivity contribution in [1.82, 2.24) is 40.9 Å². The minimum Gasteiger partial charge on any atom is -0.461 e. The summed E-state index contributed by atoms with van der Waals surface area (Å²) in [5.41, 5.74) is 0.589. The smallest absolute Gasteiger partial charge is 0.333 e. The lowest BCUT2D eigenvalue weighted by Crippen LogP contribution is -2.41. The summed E-state index contributed by atoms with van der Waals surface area (Å²) in [6, 6.07) is 0. The molecule has 0 fully saturated rings. The van der Waals surface area contributed by atoms with Crippen molar-refractivity contribution in [2.45, 2.75) is 39.9 Å². The first-order chi connectivity index (χ1) is 37.7. The molecular weight excluding hydrogens is 1040 g/mol. The summed E-state index contributed by atoms with van der Waals surface area (Å²) in [5, 5.41) is 10.2. The Balaban J connectivity index is -0.000000482. The van der Waals surface area contributed by atoms with Crippen molar-refractivity contribution in [2.75, 3.05) is 91.8 Å². The van der Waals surface area contributed by atoms with Gasteiger partial charge in [0.2, 0.25) is 47.3 Å². The number of carbonyl (C=O) groups is 12. The zero-order valence-electron chi connectivity index (χ0n) is 46.6. The highest BCUT2D eigenvalue weighted by Crippen LogP contribution is 2.03. The highest BCUT2D eigenvalue weighted by molar-refractivity contribution is 5.91. The molecule has 2 unspecified atom stereocenters. The van der Waals surface area contributed by atoms with Crippen LogP contribution in [-0.2, 0) is 76.5 Å². The van der Waals surface area contributed by atoms with Crippen LogP contribution in [0.25, 0.3) is 0 Å². The van der Waals surface area contributed by atoms with E-state index < -0.39 is 36.1 Å². The molecule has 0 heterocycles. The Hall–Kier alpha value is -9.48. The quantitative estimate of drug-likeness (QED) is 0.0394. The van der Waals surface area contributed by atoms with Crippen LogP contribution in [-0.4, -0.2) is 195 Å². The van der Waals surface area contributed by atoms with Crippen LogP contribution in [0.1, 0.15) is 27.7 Å². The van der Waals surface area contributed by atoms with Crippen LogP contribution in [0, 0.1) is 0 Å². The number of hydrogen-bond donors (Lipinski definition) is 4. The fourth-order valence-corrected chi connectivity index (χ4v) is 5.22. The van der Waals surface area contributed by atoms with Crippen molar-refractivity contribution >= 4 is 71.1 Å². The van der Waals surface area contributed by atoms with Gasteiger partial charge in [0, 0.05) is 75.7 Å². The first kappa shape index (κ1) is 77.0. The Morgan fingerprint density at radius 2 is 0.662 bits per heavy atom. The normalized spacial score (nSPS) is 10.1. The van der Waals surface area contributed by atoms with Gasteiger partial charge in [-0.15, -0.1) is 0 Å². The molecule has 0 radical (unpaired) electrons. The van der Waals surface area contributed by atoms with E-state index in [1.807, 2.05) is 0 Å². The molecule has 0 spiro atoms. The Morgan fingerprint density at radius 1 is 0.375 bits per heavy atom. The molecule has 0 aliphatic heterocycles. The predicted molar refractivity (Wildman–Crippen MR) is 303 cm³/mol. The van der Waals surface area contributed by atoms with Gasteiger partial charge >= 0.3 is 23.9 Å². The third-order valence-corrected chi connectivity index (χ3v) is 9.22. The van der Waals surface area contributed by atoms with Crippen molar-refractivity contribution in [3.05, 3.63) is 151 Å². The number of amides is 8. The molecule has 0 aliphatic rings. The SMILES string of the molecule is C=CC(=O)NCCN(CC(C)OC(=O)C(=C)C)C(=O)C=C.C=CC(=O)NCCN(CC(C)OC(=O)C=C)C(=O)C=C.C=CC(=O)NCCN(CCOC(=O)C(=C)C)C(=O)C=C.C=CC(=O)NCCN(CCOC(=O)C=C)C(=O)C=C. The molecular formula is C56H80N8O16. The van der Waals surface area contributed by atoms with Crippen LogP contribution in [0.5, 0.6) is 0 Å². The third kappa shape index (κ3) is 41.7. The average Bonchev–Trinajstić information content (AvgIpc) is 3.44. The second-order valence-electron chi connectivity index (χ2n) is 15.8. The average molecular weight is 1120 g/mol. The molecule has 0 aromatic heterocycles. The summed E-state index contributed by atoms with van der Waals surface area (Å²) < 4.78 is 19.8. The summed E-state index contributed by atoms with van der Waals surface area (Å²) in [5.74, 6) is -4.59. The van der Waals surface area contributed by atoms with Crippen LogP contribution in [0.15, 0.2) is 151 Å². The molecule has 0 aromatic rings. The lowest BCUT2D eigenvalue weighted by molar-refractivity contribution is -0.146. The first-order valence-electron chi connectivity index (χ1n) is 24.3.